The van der Waals surface area contributed by atoms with Crippen molar-refractivity contribution in [1.29, 1.82) is 0 Å². The third-order valence-corrected chi connectivity index (χ3v) is 4.20. The monoisotopic (exact) mass is 285 g/mol. The first-order chi connectivity index (χ1) is 10.2. The van der Waals surface area contributed by atoms with E-state index in [-0.39, 0.29) is 23.7 Å². The molecule has 1 aliphatic heterocycles. The molecule has 1 fully saturated rings. The third-order valence-electron chi connectivity index (χ3n) is 4.20. The van der Waals surface area contributed by atoms with Gasteiger partial charge in [-0.05, 0) is 31.9 Å². The van der Waals surface area contributed by atoms with Crippen LogP contribution in [0.5, 0.6) is 5.75 Å². The molecule has 3 rings (SSSR count). The van der Waals surface area contributed by atoms with E-state index in [9.17, 15) is 9.59 Å². The van der Waals surface area contributed by atoms with Gasteiger partial charge in [-0.25, -0.2) is 0 Å². The normalized spacial score (nSPS) is 24.3. The number of aryl methyl sites for hydroxylation is 1. The molecule has 110 valence electrons. The fourth-order valence-electron chi connectivity index (χ4n) is 2.98. The number of carbonyl (C=O) groups excluding carboxylic acids is 2. The fourth-order valence-corrected chi connectivity index (χ4v) is 2.98. The van der Waals surface area contributed by atoms with Gasteiger partial charge in [-0.1, -0.05) is 29.8 Å². The fraction of sp³-hybridized carbons (Fsp3) is 0.412. The Kier molecular flexibility index (Phi) is 3.78. The smallest absolute Gasteiger partial charge is 0.233 e. The third kappa shape index (κ3) is 2.71. The van der Waals surface area contributed by atoms with Crippen molar-refractivity contribution >= 4 is 11.8 Å². The molecule has 0 unspecified atom stereocenters. The number of benzene rings is 1. The average Bonchev–Trinajstić information content (AvgIpc) is 2.75. The Labute approximate surface area is 124 Å². The number of allylic oxidation sites excluding steroid dienone is 2. The molecule has 1 aliphatic carbocycles. The molecular formula is C17H19NO3. The van der Waals surface area contributed by atoms with E-state index < -0.39 is 0 Å². The number of carbonyl (C=O) groups is 2. The van der Waals surface area contributed by atoms with Crippen LogP contribution < -0.4 is 4.74 Å². The zero-order valence-electron chi connectivity index (χ0n) is 12.1. The molecule has 0 radical (unpaired) electrons. The highest BCUT2D eigenvalue weighted by molar-refractivity contribution is 6.05. The highest BCUT2D eigenvalue weighted by atomic mass is 16.5. The van der Waals surface area contributed by atoms with Gasteiger partial charge in [0.15, 0.2) is 0 Å². The Bertz CT molecular complexity index is 550. The minimum atomic E-state index is -0.151. The van der Waals surface area contributed by atoms with Gasteiger partial charge in [0.1, 0.15) is 12.4 Å². The Balaban J connectivity index is 1.57. The first-order valence-corrected chi connectivity index (χ1v) is 7.36. The molecule has 1 aromatic carbocycles. The predicted molar refractivity (Wildman–Crippen MR) is 78.7 cm³/mol. The quantitative estimate of drug-likeness (QED) is 0.630. The van der Waals surface area contributed by atoms with Gasteiger partial charge in [0.25, 0.3) is 0 Å². The van der Waals surface area contributed by atoms with E-state index in [1.807, 2.05) is 43.3 Å². The predicted octanol–water partition coefficient (Wildman–Crippen LogP) is 2.33. The average molecular weight is 285 g/mol. The number of amides is 2. The lowest BCUT2D eigenvalue weighted by molar-refractivity contribution is -0.140. The Morgan fingerprint density at radius 3 is 2.19 bits per heavy atom. The number of nitrogens with zero attached hydrogens (tertiary/aromatic N) is 1. The van der Waals surface area contributed by atoms with Crippen LogP contribution in [0.4, 0.5) is 0 Å². The molecule has 1 saturated heterocycles. The van der Waals surface area contributed by atoms with Crippen LogP contribution >= 0.6 is 0 Å². The van der Waals surface area contributed by atoms with Crippen LogP contribution in [0.25, 0.3) is 0 Å². The molecule has 0 bridgehead atoms. The number of ether oxygens (including phenoxy) is 1. The van der Waals surface area contributed by atoms with Crippen LogP contribution in [0.1, 0.15) is 18.4 Å². The number of hydrogen-bond acceptors (Lipinski definition) is 3. The summed E-state index contributed by atoms with van der Waals surface area (Å²) in [5.41, 5.74) is 1.17. The molecule has 0 N–H and O–H groups in total. The summed E-state index contributed by atoms with van der Waals surface area (Å²) in [5, 5.41) is 0. The zero-order valence-corrected chi connectivity index (χ0v) is 12.1. The summed E-state index contributed by atoms with van der Waals surface area (Å²) in [7, 11) is 0. The number of likely N-dealkylation sites (tertiary alicyclic amines) is 1. The van der Waals surface area contributed by atoms with Crippen molar-refractivity contribution in [2.24, 2.45) is 11.8 Å². The largest absolute Gasteiger partial charge is 0.492 e. The second-order valence-corrected chi connectivity index (χ2v) is 5.65. The molecule has 4 nitrogen and oxygen atoms in total. The van der Waals surface area contributed by atoms with Crippen molar-refractivity contribution in [1.82, 2.24) is 4.90 Å². The minimum absolute atomic E-state index is 0.0399. The van der Waals surface area contributed by atoms with Gasteiger partial charge in [-0.15, -0.1) is 0 Å². The summed E-state index contributed by atoms with van der Waals surface area (Å²) in [5.74, 6) is 0.381. The summed E-state index contributed by atoms with van der Waals surface area (Å²) in [6.45, 7) is 2.69. The maximum Gasteiger partial charge on any atom is 0.233 e. The van der Waals surface area contributed by atoms with Gasteiger partial charge in [0, 0.05) is 0 Å². The topological polar surface area (TPSA) is 46.6 Å². The molecular weight excluding hydrogens is 266 g/mol. The van der Waals surface area contributed by atoms with E-state index >= 15 is 0 Å². The highest BCUT2D eigenvalue weighted by Crippen LogP contribution is 2.34. The molecule has 21 heavy (non-hydrogen) atoms. The minimum Gasteiger partial charge on any atom is -0.492 e. The van der Waals surface area contributed by atoms with E-state index in [4.69, 9.17) is 4.74 Å². The van der Waals surface area contributed by atoms with Crippen LogP contribution in [0.2, 0.25) is 0 Å². The van der Waals surface area contributed by atoms with Gasteiger partial charge < -0.3 is 4.74 Å². The van der Waals surface area contributed by atoms with Gasteiger partial charge in [0.05, 0.1) is 18.4 Å². The van der Waals surface area contributed by atoms with E-state index in [1.54, 1.807) is 0 Å². The van der Waals surface area contributed by atoms with Crippen molar-refractivity contribution in [3.8, 4) is 5.75 Å². The maximum absolute atomic E-state index is 12.3. The second-order valence-electron chi connectivity index (χ2n) is 5.65. The number of hydrogen-bond donors (Lipinski definition) is 0. The summed E-state index contributed by atoms with van der Waals surface area (Å²) >= 11 is 0. The molecule has 0 saturated carbocycles. The van der Waals surface area contributed by atoms with Crippen LogP contribution in [0, 0.1) is 18.8 Å². The zero-order chi connectivity index (χ0) is 14.8. The molecule has 2 amide bonds. The van der Waals surface area contributed by atoms with Crippen molar-refractivity contribution in [2.75, 3.05) is 13.2 Å². The summed E-state index contributed by atoms with van der Waals surface area (Å²) < 4.78 is 5.61. The van der Waals surface area contributed by atoms with E-state index in [0.29, 0.717) is 26.0 Å². The molecule has 1 heterocycles. The molecule has 1 aromatic rings. The second kappa shape index (κ2) is 5.72. The van der Waals surface area contributed by atoms with Crippen molar-refractivity contribution in [3.63, 3.8) is 0 Å². The van der Waals surface area contributed by atoms with E-state index in [1.165, 1.54) is 10.5 Å². The van der Waals surface area contributed by atoms with Crippen LogP contribution in [0.3, 0.4) is 0 Å². The first kappa shape index (κ1) is 13.9. The summed E-state index contributed by atoms with van der Waals surface area (Å²) in [4.78, 5) is 25.9. The Morgan fingerprint density at radius 2 is 1.62 bits per heavy atom. The molecule has 4 heteroatoms. The molecule has 0 spiro atoms. The number of fused-ring (bicyclic) bond motifs is 1. The molecule has 0 aromatic heterocycles. The lowest BCUT2D eigenvalue weighted by Crippen LogP contribution is -2.34. The van der Waals surface area contributed by atoms with E-state index in [2.05, 4.69) is 0 Å². The van der Waals surface area contributed by atoms with Gasteiger partial charge in [-0.2, -0.15) is 0 Å². The van der Waals surface area contributed by atoms with Gasteiger partial charge in [-0.3, -0.25) is 14.5 Å². The summed E-state index contributed by atoms with van der Waals surface area (Å²) in [6, 6.07) is 7.74. The SMILES string of the molecule is Cc1ccc(OCCN2C(=O)[C@@H]3CC=CC[C@H]3C2=O)cc1. The lowest BCUT2D eigenvalue weighted by atomic mass is 9.85. The van der Waals surface area contributed by atoms with Crippen LogP contribution in [0.15, 0.2) is 36.4 Å². The lowest BCUT2D eigenvalue weighted by Gasteiger charge is -2.15. The van der Waals surface area contributed by atoms with Crippen LogP contribution in [-0.2, 0) is 9.59 Å². The van der Waals surface area contributed by atoms with Gasteiger partial charge in [0.2, 0.25) is 11.8 Å². The van der Waals surface area contributed by atoms with Crippen molar-refractivity contribution in [3.05, 3.63) is 42.0 Å². The standard InChI is InChI=1S/C17H19NO3/c1-12-6-8-13(9-7-12)21-11-10-18-16(19)14-4-2-3-5-15(14)17(18)20/h2-3,6-9,14-15H,4-5,10-11H2,1H3/t14-,15-/m1/s1. The maximum atomic E-state index is 12.3. The van der Waals surface area contributed by atoms with Gasteiger partial charge >= 0.3 is 0 Å². The van der Waals surface area contributed by atoms with E-state index in [0.717, 1.165) is 5.75 Å². The Hall–Kier alpha value is -2.10. The molecule has 2 atom stereocenters. The first-order valence-electron chi connectivity index (χ1n) is 7.36. The van der Waals surface area contributed by atoms with Crippen LogP contribution in [-0.4, -0.2) is 29.9 Å². The number of rotatable bonds is 4. The van der Waals surface area contributed by atoms with Crippen molar-refractivity contribution in [2.45, 2.75) is 19.8 Å². The summed E-state index contributed by atoms with van der Waals surface area (Å²) in [6.07, 6.45) is 5.37. The number of imide groups is 1. The molecule has 2 aliphatic rings. The Morgan fingerprint density at radius 1 is 1.05 bits per heavy atom. The highest BCUT2D eigenvalue weighted by Gasteiger charge is 2.46. The van der Waals surface area contributed by atoms with Crippen molar-refractivity contribution < 1.29 is 14.3 Å².